The molecule has 0 aromatic heterocycles. The van der Waals surface area contributed by atoms with Crippen LogP contribution in [0.4, 0.5) is 0 Å². The predicted molar refractivity (Wildman–Crippen MR) is 111 cm³/mol. The molecular formula is C23H26N2O3. The number of unbranched alkanes of at least 4 members (excludes halogenated alkanes) is 1. The zero-order valence-electron chi connectivity index (χ0n) is 16.6. The standard InChI is InChI=1S/C23H26N2O3/c1-4-5-17-28-21-14-12-19(13-15-21)22(26)24-16-6-7-18-8-10-20(11-9-18)23(27)25(2)3/h8-15H,4-5,16-17H2,1-3H3,(H,24,26). The Morgan fingerprint density at radius 1 is 1.00 bits per heavy atom. The third kappa shape index (κ3) is 6.48. The average molecular weight is 378 g/mol. The van der Waals surface area contributed by atoms with Crippen molar-refractivity contribution in [3.05, 3.63) is 65.2 Å². The van der Waals surface area contributed by atoms with Crippen molar-refractivity contribution in [2.24, 2.45) is 0 Å². The van der Waals surface area contributed by atoms with Crippen LogP contribution >= 0.6 is 0 Å². The zero-order valence-corrected chi connectivity index (χ0v) is 16.6. The van der Waals surface area contributed by atoms with Gasteiger partial charge in [0.2, 0.25) is 0 Å². The first-order valence-electron chi connectivity index (χ1n) is 9.33. The number of hydrogen-bond donors (Lipinski definition) is 1. The Morgan fingerprint density at radius 2 is 1.64 bits per heavy atom. The average Bonchev–Trinajstić information content (AvgIpc) is 2.71. The molecular weight excluding hydrogens is 352 g/mol. The summed E-state index contributed by atoms with van der Waals surface area (Å²) in [5.74, 6) is 6.43. The summed E-state index contributed by atoms with van der Waals surface area (Å²) in [6.45, 7) is 3.04. The summed E-state index contributed by atoms with van der Waals surface area (Å²) < 4.78 is 5.59. The van der Waals surface area contributed by atoms with Crippen molar-refractivity contribution in [1.82, 2.24) is 10.2 Å². The van der Waals surface area contributed by atoms with Crippen LogP contribution in [0.25, 0.3) is 0 Å². The van der Waals surface area contributed by atoms with E-state index in [1.807, 2.05) is 0 Å². The second-order valence-electron chi connectivity index (χ2n) is 6.49. The van der Waals surface area contributed by atoms with Gasteiger partial charge in [-0.1, -0.05) is 25.2 Å². The van der Waals surface area contributed by atoms with Crippen molar-refractivity contribution in [2.75, 3.05) is 27.2 Å². The van der Waals surface area contributed by atoms with E-state index in [9.17, 15) is 9.59 Å². The van der Waals surface area contributed by atoms with Gasteiger partial charge in [-0.25, -0.2) is 0 Å². The topological polar surface area (TPSA) is 58.6 Å². The molecule has 0 radical (unpaired) electrons. The highest BCUT2D eigenvalue weighted by molar-refractivity contribution is 5.94. The number of nitrogens with zero attached hydrogens (tertiary/aromatic N) is 1. The molecule has 146 valence electrons. The van der Waals surface area contributed by atoms with E-state index in [2.05, 4.69) is 24.1 Å². The highest BCUT2D eigenvalue weighted by Crippen LogP contribution is 2.12. The van der Waals surface area contributed by atoms with Crippen molar-refractivity contribution in [2.45, 2.75) is 19.8 Å². The molecule has 0 aliphatic carbocycles. The molecule has 0 saturated carbocycles. The maximum Gasteiger partial charge on any atom is 0.253 e. The molecule has 2 aromatic carbocycles. The number of rotatable bonds is 7. The molecule has 0 aliphatic heterocycles. The number of carbonyl (C=O) groups is 2. The van der Waals surface area contributed by atoms with Crippen LogP contribution in [0.5, 0.6) is 5.75 Å². The SMILES string of the molecule is CCCCOc1ccc(C(=O)NCC#Cc2ccc(C(=O)N(C)C)cc2)cc1. The van der Waals surface area contributed by atoms with E-state index in [-0.39, 0.29) is 18.4 Å². The maximum atomic E-state index is 12.1. The third-order valence-electron chi connectivity index (χ3n) is 3.99. The van der Waals surface area contributed by atoms with Gasteiger partial charge >= 0.3 is 0 Å². The zero-order chi connectivity index (χ0) is 20.4. The number of nitrogens with one attached hydrogen (secondary N) is 1. The van der Waals surface area contributed by atoms with Gasteiger partial charge in [0.05, 0.1) is 13.2 Å². The Kier molecular flexibility index (Phi) is 8.11. The molecule has 2 amide bonds. The molecule has 28 heavy (non-hydrogen) atoms. The first-order valence-corrected chi connectivity index (χ1v) is 9.33. The van der Waals surface area contributed by atoms with E-state index < -0.39 is 0 Å². The molecule has 0 aliphatic rings. The van der Waals surface area contributed by atoms with E-state index in [1.165, 1.54) is 4.90 Å². The third-order valence-corrected chi connectivity index (χ3v) is 3.99. The predicted octanol–water partition coefficient (Wildman–Crippen LogP) is 3.35. The highest BCUT2D eigenvalue weighted by atomic mass is 16.5. The normalized spacial score (nSPS) is 9.82. The first-order chi connectivity index (χ1) is 13.5. The molecule has 5 heteroatoms. The number of amides is 2. The van der Waals surface area contributed by atoms with Crippen molar-refractivity contribution in [3.63, 3.8) is 0 Å². The maximum absolute atomic E-state index is 12.1. The van der Waals surface area contributed by atoms with Crippen LogP contribution in [0.15, 0.2) is 48.5 Å². The summed E-state index contributed by atoms with van der Waals surface area (Å²) in [7, 11) is 3.43. The van der Waals surface area contributed by atoms with Crippen LogP contribution in [-0.2, 0) is 0 Å². The molecule has 2 rings (SSSR count). The number of ether oxygens (including phenoxy) is 1. The van der Waals surface area contributed by atoms with Gasteiger partial charge in [-0.15, -0.1) is 0 Å². The number of benzene rings is 2. The lowest BCUT2D eigenvalue weighted by molar-refractivity contribution is 0.0827. The van der Waals surface area contributed by atoms with Crippen LogP contribution in [0.1, 0.15) is 46.0 Å². The minimum atomic E-state index is -0.179. The number of carbonyl (C=O) groups excluding carboxylic acids is 2. The Hall–Kier alpha value is -3.26. The molecule has 1 N–H and O–H groups in total. The lowest BCUT2D eigenvalue weighted by Gasteiger charge is -2.09. The van der Waals surface area contributed by atoms with Gasteiger partial charge in [-0.05, 0) is 55.0 Å². The lowest BCUT2D eigenvalue weighted by Crippen LogP contribution is -2.23. The van der Waals surface area contributed by atoms with Crippen LogP contribution < -0.4 is 10.1 Å². The van der Waals surface area contributed by atoms with Crippen LogP contribution in [0, 0.1) is 11.8 Å². The smallest absolute Gasteiger partial charge is 0.253 e. The van der Waals surface area contributed by atoms with Gasteiger partial charge in [0.15, 0.2) is 0 Å². The van der Waals surface area contributed by atoms with E-state index in [4.69, 9.17) is 4.74 Å². The largest absolute Gasteiger partial charge is 0.494 e. The highest BCUT2D eigenvalue weighted by Gasteiger charge is 2.06. The fourth-order valence-electron chi connectivity index (χ4n) is 2.36. The molecule has 0 atom stereocenters. The second kappa shape index (κ2) is 10.8. The van der Waals surface area contributed by atoms with Crippen molar-refractivity contribution in [3.8, 4) is 17.6 Å². The fourth-order valence-corrected chi connectivity index (χ4v) is 2.36. The van der Waals surface area contributed by atoms with Gasteiger partial charge in [-0.2, -0.15) is 0 Å². The molecule has 5 nitrogen and oxygen atoms in total. The molecule has 2 aromatic rings. The first kappa shape index (κ1) is 21.0. The van der Waals surface area contributed by atoms with Crippen LogP contribution in [-0.4, -0.2) is 44.0 Å². The summed E-state index contributed by atoms with van der Waals surface area (Å²) in [5.41, 5.74) is 1.97. The monoisotopic (exact) mass is 378 g/mol. The van der Waals surface area contributed by atoms with Crippen molar-refractivity contribution >= 4 is 11.8 Å². The van der Waals surface area contributed by atoms with E-state index in [0.717, 1.165) is 24.2 Å². The Morgan fingerprint density at radius 3 is 2.25 bits per heavy atom. The lowest BCUT2D eigenvalue weighted by atomic mass is 10.1. The molecule has 0 fully saturated rings. The number of hydrogen-bond acceptors (Lipinski definition) is 3. The fraction of sp³-hybridized carbons (Fsp3) is 0.304. The van der Waals surface area contributed by atoms with Gasteiger partial charge in [0, 0.05) is 30.8 Å². The van der Waals surface area contributed by atoms with Gasteiger partial charge in [-0.3, -0.25) is 9.59 Å². The summed E-state index contributed by atoms with van der Waals surface area (Å²) in [6, 6.07) is 14.2. The Balaban J connectivity index is 1.83. The van der Waals surface area contributed by atoms with E-state index in [0.29, 0.717) is 17.7 Å². The molecule has 0 spiro atoms. The minimum Gasteiger partial charge on any atom is -0.494 e. The van der Waals surface area contributed by atoms with Gasteiger partial charge in [0.25, 0.3) is 11.8 Å². The minimum absolute atomic E-state index is 0.0476. The van der Waals surface area contributed by atoms with Crippen molar-refractivity contribution < 1.29 is 14.3 Å². The quantitative estimate of drug-likeness (QED) is 0.594. The summed E-state index contributed by atoms with van der Waals surface area (Å²) in [5, 5.41) is 2.77. The van der Waals surface area contributed by atoms with Crippen LogP contribution in [0.3, 0.4) is 0 Å². The van der Waals surface area contributed by atoms with Crippen molar-refractivity contribution in [1.29, 1.82) is 0 Å². The molecule has 0 heterocycles. The van der Waals surface area contributed by atoms with Crippen LogP contribution in [0.2, 0.25) is 0 Å². The van der Waals surface area contributed by atoms with Gasteiger partial charge < -0.3 is 15.0 Å². The summed E-state index contributed by atoms with van der Waals surface area (Å²) >= 11 is 0. The molecule has 0 bridgehead atoms. The summed E-state index contributed by atoms with van der Waals surface area (Å²) in [6.07, 6.45) is 2.09. The second-order valence-corrected chi connectivity index (χ2v) is 6.49. The Labute approximate surface area is 166 Å². The van der Waals surface area contributed by atoms with E-state index in [1.54, 1.807) is 62.6 Å². The molecule has 0 saturated heterocycles. The Bertz CT molecular complexity index is 844. The summed E-state index contributed by atoms with van der Waals surface area (Å²) in [4.78, 5) is 25.5. The van der Waals surface area contributed by atoms with Gasteiger partial charge in [0.1, 0.15) is 5.75 Å². The van der Waals surface area contributed by atoms with E-state index >= 15 is 0 Å². The molecule has 0 unspecified atom stereocenters.